The van der Waals surface area contributed by atoms with Gasteiger partial charge in [0.15, 0.2) is 11.5 Å². The van der Waals surface area contributed by atoms with Crippen LogP contribution in [0.2, 0.25) is 10.0 Å². The first-order chi connectivity index (χ1) is 14.4. The Balaban J connectivity index is 2.15. The largest absolute Gasteiger partial charge is 0.493 e. The molecule has 30 heavy (non-hydrogen) atoms. The van der Waals surface area contributed by atoms with E-state index in [0.717, 1.165) is 0 Å². The van der Waals surface area contributed by atoms with Crippen molar-refractivity contribution in [1.82, 2.24) is 0 Å². The lowest BCUT2D eigenvalue weighted by molar-refractivity contribution is -0.150. The van der Waals surface area contributed by atoms with Crippen molar-refractivity contribution >= 4 is 40.8 Å². The molecule has 0 saturated carbocycles. The molecule has 0 aromatic heterocycles. The fourth-order valence-corrected chi connectivity index (χ4v) is 3.68. The van der Waals surface area contributed by atoms with E-state index in [4.69, 9.17) is 42.1 Å². The number of carbonyl (C=O) groups is 2. The highest BCUT2D eigenvalue weighted by atomic mass is 35.5. The minimum absolute atomic E-state index is 0.200. The molecular weight excluding hydrogens is 433 g/mol. The second-order valence-electron chi connectivity index (χ2n) is 6.47. The van der Waals surface area contributed by atoms with Crippen LogP contribution in [0.15, 0.2) is 30.3 Å². The van der Waals surface area contributed by atoms with Crippen molar-refractivity contribution in [1.29, 1.82) is 0 Å². The molecule has 0 unspecified atom stereocenters. The predicted octanol–water partition coefficient (Wildman–Crippen LogP) is 4.39. The molecule has 0 radical (unpaired) electrons. The average Bonchev–Trinajstić information content (AvgIpc) is 2.84. The van der Waals surface area contributed by atoms with Crippen molar-refractivity contribution in [3.05, 3.63) is 51.5 Å². The van der Waals surface area contributed by atoms with Crippen molar-refractivity contribution < 1.29 is 28.5 Å². The Labute approximate surface area is 184 Å². The quantitative estimate of drug-likeness (QED) is 0.652. The third-order valence-corrected chi connectivity index (χ3v) is 5.01. The molecule has 1 heterocycles. The lowest BCUT2D eigenvalue weighted by Gasteiger charge is -2.24. The van der Waals surface area contributed by atoms with Gasteiger partial charge in [-0.1, -0.05) is 23.2 Å². The minimum atomic E-state index is -1.10. The molecule has 160 valence electrons. The van der Waals surface area contributed by atoms with Gasteiger partial charge in [-0.25, -0.2) is 0 Å². The number of carbonyl (C=O) groups excluding carboxylic acids is 2. The van der Waals surface area contributed by atoms with Crippen LogP contribution in [0.5, 0.6) is 11.5 Å². The molecule has 1 amide bonds. The highest BCUT2D eigenvalue weighted by molar-refractivity contribution is 6.31. The van der Waals surface area contributed by atoms with E-state index in [9.17, 15) is 9.59 Å². The number of hydrogen-bond donors (Lipinski definition) is 1. The van der Waals surface area contributed by atoms with Gasteiger partial charge in [0.05, 0.1) is 27.2 Å². The first kappa shape index (κ1) is 22.2. The lowest BCUT2D eigenvalue weighted by Crippen LogP contribution is -2.32. The smallest absolute Gasteiger partial charge is 0.308 e. The molecule has 0 spiro atoms. The van der Waals surface area contributed by atoms with Crippen molar-refractivity contribution in [3.63, 3.8) is 0 Å². The van der Waals surface area contributed by atoms with Crippen molar-refractivity contribution in [2.45, 2.75) is 25.6 Å². The van der Waals surface area contributed by atoms with Crippen LogP contribution in [0.4, 0.5) is 5.69 Å². The lowest BCUT2D eigenvalue weighted by atomic mass is 9.98. The van der Waals surface area contributed by atoms with Crippen LogP contribution >= 0.6 is 23.2 Å². The number of benzene rings is 2. The van der Waals surface area contributed by atoms with E-state index in [-0.39, 0.29) is 13.0 Å². The number of fused-ring (bicyclic) bond motifs is 1. The standard InChI is InChI=1S/C21H21Cl2NO6/c1-4-29-18(25)10-17-21(26)24-15-6-5-11(22)7-13(15)19(30-17)14-8-12(23)9-16(27-2)20(14)28-3/h5-9,17,19H,4,10H2,1-3H3,(H,24,26)/t17-,19+/m1/s1. The minimum Gasteiger partial charge on any atom is -0.493 e. The Hall–Kier alpha value is -2.48. The third kappa shape index (κ3) is 4.64. The maximum Gasteiger partial charge on any atom is 0.308 e. The molecule has 7 nitrogen and oxygen atoms in total. The van der Waals surface area contributed by atoms with Gasteiger partial charge >= 0.3 is 5.97 Å². The van der Waals surface area contributed by atoms with Crippen molar-refractivity contribution in [2.75, 3.05) is 26.1 Å². The fourth-order valence-electron chi connectivity index (χ4n) is 3.28. The van der Waals surface area contributed by atoms with Crippen LogP contribution in [0.3, 0.4) is 0 Å². The number of methoxy groups -OCH3 is 2. The van der Waals surface area contributed by atoms with E-state index >= 15 is 0 Å². The Morgan fingerprint density at radius 1 is 1.10 bits per heavy atom. The highest BCUT2D eigenvalue weighted by Gasteiger charge is 2.35. The normalized spacial score (nSPS) is 18.1. The van der Waals surface area contributed by atoms with E-state index in [1.54, 1.807) is 37.3 Å². The maximum absolute atomic E-state index is 12.8. The van der Waals surface area contributed by atoms with E-state index in [1.165, 1.54) is 14.2 Å². The Morgan fingerprint density at radius 3 is 2.50 bits per heavy atom. The van der Waals surface area contributed by atoms with Crippen LogP contribution in [0, 0.1) is 0 Å². The van der Waals surface area contributed by atoms with Crippen molar-refractivity contribution in [3.8, 4) is 11.5 Å². The molecule has 0 bridgehead atoms. The summed E-state index contributed by atoms with van der Waals surface area (Å²) in [5, 5.41) is 3.63. The number of halogens is 2. The summed E-state index contributed by atoms with van der Waals surface area (Å²) in [6.07, 6.45) is -2.17. The molecule has 2 aromatic rings. The van der Waals surface area contributed by atoms with Crippen LogP contribution in [-0.2, 0) is 19.1 Å². The third-order valence-electron chi connectivity index (χ3n) is 4.56. The summed E-state index contributed by atoms with van der Waals surface area (Å²) >= 11 is 12.5. The molecule has 1 N–H and O–H groups in total. The summed E-state index contributed by atoms with van der Waals surface area (Å²) in [4.78, 5) is 24.8. The zero-order valence-electron chi connectivity index (χ0n) is 16.7. The topological polar surface area (TPSA) is 83.1 Å². The number of nitrogens with one attached hydrogen (secondary N) is 1. The monoisotopic (exact) mass is 453 g/mol. The Bertz CT molecular complexity index is 965. The van der Waals surface area contributed by atoms with Crippen LogP contribution in [0.1, 0.15) is 30.6 Å². The molecule has 3 rings (SSSR count). The summed E-state index contributed by atoms with van der Waals surface area (Å²) in [7, 11) is 2.98. The predicted molar refractivity (Wildman–Crippen MR) is 113 cm³/mol. The first-order valence-corrected chi connectivity index (χ1v) is 9.96. The number of hydrogen-bond acceptors (Lipinski definition) is 6. The van der Waals surface area contributed by atoms with E-state index in [0.29, 0.717) is 38.4 Å². The van der Waals surface area contributed by atoms with Gasteiger partial charge in [0.25, 0.3) is 5.91 Å². The molecule has 9 heteroatoms. The van der Waals surface area contributed by atoms with Gasteiger partial charge in [0.1, 0.15) is 12.2 Å². The SMILES string of the molecule is CCOC(=O)C[C@H]1O[C@H](c2cc(Cl)cc(OC)c2OC)c2cc(Cl)ccc2NC1=O. The summed E-state index contributed by atoms with van der Waals surface area (Å²) in [6.45, 7) is 1.89. The Morgan fingerprint density at radius 2 is 1.83 bits per heavy atom. The van der Waals surface area contributed by atoms with Gasteiger partial charge in [-0.05, 0) is 31.2 Å². The number of rotatable bonds is 6. The maximum atomic E-state index is 12.8. The van der Waals surface area contributed by atoms with Crippen LogP contribution in [-0.4, -0.2) is 38.8 Å². The first-order valence-electron chi connectivity index (χ1n) is 9.20. The van der Waals surface area contributed by atoms with Gasteiger partial charge in [-0.3, -0.25) is 9.59 Å². The molecule has 0 aliphatic carbocycles. The molecule has 1 aliphatic heterocycles. The molecule has 2 aromatic carbocycles. The highest BCUT2D eigenvalue weighted by Crippen LogP contribution is 2.45. The molecule has 0 fully saturated rings. The van der Waals surface area contributed by atoms with Gasteiger partial charge in [-0.15, -0.1) is 0 Å². The summed E-state index contributed by atoms with van der Waals surface area (Å²) < 4.78 is 22.1. The number of ether oxygens (including phenoxy) is 4. The number of amides is 1. The van der Waals surface area contributed by atoms with E-state index < -0.39 is 24.1 Å². The Kier molecular flexibility index (Phi) is 7.07. The summed E-state index contributed by atoms with van der Waals surface area (Å²) in [6, 6.07) is 8.28. The van der Waals surface area contributed by atoms with Crippen molar-refractivity contribution in [2.24, 2.45) is 0 Å². The molecule has 0 saturated heterocycles. The summed E-state index contributed by atoms with van der Waals surface area (Å²) in [5.74, 6) is -0.224. The summed E-state index contributed by atoms with van der Waals surface area (Å²) in [5.41, 5.74) is 1.61. The van der Waals surface area contributed by atoms with Crippen LogP contribution < -0.4 is 14.8 Å². The second-order valence-corrected chi connectivity index (χ2v) is 7.34. The fraction of sp³-hybridized carbons (Fsp3) is 0.333. The zero-order chi connectivity index (χ0) is 21.8. The number of esters is 1. The van der Waals surface area contributed by atoms with E-state index in [1.807, 2.05) is 0 Å². The van der Waals surface area contributed by atoms with Gasteiger partial charge in [0, 0.05) is 32.9 Å². The van der Waals surface area contributed by atoms with E-state index in [2.05, 4.69) is 5.32 Å². The molecule has 2 atom stereocenters. The van der Waals surface area contributed by atoms with Gasteiger partial charge in [-0.2, -0.15) is 0 Å². The van der Waals surface area contributed by atoms with Gasteiger partial charge in [0.2, 0.25) is 0 Å². The number of anilines is 1. The molecule has 1 aliphatic rings. The van der Waals surface area contributed by atoms with Gasteiger partial charge < -0.3 is 24.3 Å². The van der Waals surface area contributed by atoms with Crippen LogP contribution in [0.25, 0.3) is 0 Å². The second kappa shape index (κ2) is 9.55. The average molecular weight is 454 g/mol. The molecular formula is C21H21Cl2NO6. The zero-order valence-corrected chi connectivity index (χ0v) is 18.2.